The van der Waals surface area contributed by atoms with Gasteiger partial charge in [-0.15, -0.1) is 11.3 Å². The highest BCUT2D eigenvalue weighted by Gasteiger charge is 2.34. The van der Waals surface area contributed by atoms with E-state index < -0.39 is 10.0 Å². The molecule has 1 aromatic carbocycles. The van der Waals surface area contributed by atoms with E-state index in [1.165, 1.54) is 21.2 Å². The van der Waals surface area contributed by atoms with E-state index in [1.807, 2.05) is 17.0 Å². The van der Waals surface area contributed by atoms with Gasteiger partial charge in [-0.2, -0.15) is 4.31 Å². The third-order valence-electron chi connectivity index (χ3n) is 5.36. The van der Waals surface area contributed by atoms with Gasteiger partial charge in [0.15, 0.2) is 0 Å². The molecule has 0 saturated carbocycles. The number of hydrogen-bond acceptors (Lipinski definition) is 4. The highest BCUT2D eigenvalue weighted by Crippen LogP contribution is 2.34. The first-order chi connectivity index (χ1) is 13.0. The summed E-state index contributed by atoms with van der Waals surface area (Å²) in [7, 11) is -3.48. The van der Waals surface area contributed by atoms with E-state index >= 15 is 0 Å². The molecule has 5 nitrogen and oxygen atoms in total. The first-order valence-electron chi connectivity index (χ1n) is 9.09. The number of hydrogen-bond donors (Lipinski definition) is 0. The number of amides is 1. The molecule has 1 atom stereocenters. The second-order valence-electron chi connectivity index (χ2n) is 6.93. The fourth-order valence-corrected chi connectivity index (χ4v) is 7.53. The molecule has 4 rings (SSSR count). The molecule has 0 spiro atoms. The number of carbonyl (C=O) groups is 1. The van der Waals surface area contributed by atoms with Crippen molar-refractivity contribution in [2.24, 2.45) is 0 Å². The van der Waals surface area contributed by atoms with Crippen LogP contribution in [0.15, 0.2) is 44.4 Å². The lowest BCUT2D eigenvalue weighted by atomic mass is 9.82. The fraction of sp³-hybridized carbons (Fsp3) is 0.421. The summed E-state index contributed by atoms with van der Waals surface area (Å²) < 4.78 is 28.1. The number of nitrogens with zero attached hydrogens (tertiary/aromatic N) is 2. The molecule has 0 radical (unpaired) electrons. The first-order valence-corrected chi connectivity index (χ1v) is 12.1. The number of thiophene rings is 1. The minimum Gasteiger partial charge on any atom is -0.340 e. The van der Waals surface area contributed by atoms with Crippen LogP contribution in [-0.2, 0) is 21.2 Å². The van der Waals surface area contributed by atoms with Gasteiger partial charge in [0.05, 0.1) is 9.70 Å². The van der Waals surface area contributed by atoms with Crippen LogP contribution < -0.4 is 0 Å². The third kappa shape index (κ3) is 3.72. The smallest absolute Gasteiger partial charge is 0.252 e. The fourth-order valence-electron chi connectivity index (χ4n) is 3.94. The van der Waals surface area contributed by atoms with Crippen LogP contribution in [0.3, 0.4) is 0 Å². The summed E-state index contributed by atoms with van der Waals surface area (Å²) in [5.74, 6) is 0.0458. The Hall–Kier alpha value is -1.22. The first kappa shape index (κ1) is 19.1. The molecule has 1 aliphatic heterocycles. The van der Waals surface area contributed by atoms with Crippen molar-refractivity contribution in [1.29, 1.82) is 0 Å². The van der Waals surface area contributed by atoms with Crippen molar-refractivity contribution < 1.29 is 13.2 Å². The Morgan fingerprint density at radius 1 is 1.07 bits per heavy atom. The quantitative estimate of drug-likeness (QED) is 0.692. The van der Waals surface area contributed by atoms with Gasteiger partial charge in [0.25, 0.3) is 10.0 Å². The molecule has 27 heavy (non-hydrogen) atoms. The molecule has 1 fully saturated rings. The SMILES string of the molecule is O=C(C1CCCc2ccccc21)N1CCN(S(=O)(=O)c2ccc(Br)s2)CC1. The predicted molar refractivity (Wildman–Crippen MR) is 109 cm³/mol. The van der Waals surface area contributed by atoms with Crippen LogP contribution in [0, 0.1) is 0 Å². The van der Waals surface area contributed by atoms with Crippen LogP contribution >= 0.6 is 27.3 Å². The van der Waals surface area contributed by atoms with Crippen molar-refractivity contribution in [3.05, 3.63) is 51.3 Å². The largest absolute Gasteiger partial charge is 0.340 e. The maximum atomic E-state index is 13.1. The summed E-state index contributed by atoms with van der Waals surface area (Å²) >= 11 is 4.53. The van der Waals surface area contributed by atoms with E-state index in [9.17, 15) is 13.2 Å². The number of halogens is 1. The van der Waals surface area contributed by atoms with Crippen LogP contribution in [0.5, 0.6) is 0 Å². The van der Waals surface area contributed by atoms with Gasteiger partial charge in [-0.1, -0.05) is 24.3 Å². The minimum absolute atomic E-state index is 0.0913. The van der Waals surface area contributed by atoms with Gasteiger partial charge in [0.1, 0.15) is 4.21 Å². The summed E-state index contributed by atoms with van der Waals surface area (Å²) in [6.45, 7) is 1.59. The number of fused-ring (bicyclic) bond motifs is 1. The topological polar surface area (TPSA) is 57.7 Å². The number of benzene rings is 1. The highest BCUT2D eigenvalue weighted by molar-refractivity contribution is 9.11. The predicted octanol–water partition coefficient (Wildman–Crippen LogP) is 3.46. The normalized spacial score (nSPS) is 21.1. The van der Waals surface area contributed by atoms with Gasteiger partial charge in [0, 0.05) is 26.2 Å². The van der Waals surface area contributed by atoms with Gasteiger partial charge in [0.2, 0.25) is 5.91 Å². The second-order valence-corrected chi connectivity index (χ2v) is 11.6. The molecule has 2 heterocycles. The molecule has 2 aromatic rings. The van der Waals surface area contributed by atoms with E-state index in [1.54, 1.807) is 12.1 Å². The summed E-state index contributed by atoms with van der Waals surface area (Å²) in [5.41, 5.74) is 2.42. The average Bonchev–Trinajstić information content (AvgIpc) is 3.14. The lowest BCUT2D eigenvalue weighted by Crippen LogP contribution is -2.51. The molecule has 1 amide bonds. The molecular weight excluding hydrogens is 448 g/mol. The summed E-state index contributed by atoms with van der Waals surface area (Å²) in [5, 5.41) is 0. The van der Waals surface area contributed by atoms with Crippen molar-refractivity contribution in [2.45, 2.75) is 29.4 Å². The molecule has 1 aliphatic carbocycles. The molecular formula is C19H21BrN2O3S2. The average molecular weight is 469 g/mol. The Morgan fingerprint density at radius 2 is 1.81 bits per heavy atom. The molecule has 8 heteroatoms. The monoisotopic (exact) mass is 468 g/mol. The van der Waals surface area contributed by atoms with Gasteiger partial charge in [-0.3, -0.25) is 4.79 Å². The minimum atomic E-state index is -3.48. The summed E-state index contributed by atoms with van der Waals surface area (Å²) in [6, 6.07) is 11.6. The number of carbonyl (C=O) groups excluding carboxylic acids is 1. The van der Waals surface area contributed by atoms with Crippen molar-refractivity contribution in [2.75, 3.05) is 26.2 Å². The van der Waals surface area contributed by atoms with Crippen LogP contribution in [0.2, 0.25) is 0 Å². The number of piperazine rings is 1. The second kappa shape index (κ2) is 7.66. The van der Waals surface area contributed by atoms with E-state index in [0.29, 0.717) is 30.4 Å². The van der Waals surface area contributed by atoms with Crippen LogP contribution in [0.4, 0.5) is 0 Å². The lowest BCUT2D eigenvalue weighted by Gasteiger charge is -2.36. The van der Waals surface area contributed by atoms with E-state index in [-0.39, 0.29) is 11.8 Å². The summed E-state index contributed by atoms with van der Waals surface area (Å²) in [6.07, 6.45) is 2.93. The van der Waals surface area contributed by atoms with Crippen LogP contribution in [0.25, 0.3) is 0 Å². The van der Waals surface area contributed by atoms with E-state index in [2.05, 4.69) is 28.1 Å². The molecule has 0 bridgehead atoms. The zero-order chi connectivity index (χ0) is 19.0. The van der Waals surface area contributed by atoms with Crippen LogP contribution in [-0.4, -0.2) is 49.7 Å². The summed E-state index contributed by atoms with van der Waals surface area (Å²) in [4.78, 5) is 14.9. The van der Waals surface area contributed by atoms with Crippen molar-refractivity contribution in [3.63, 3.8) is 0 Å². The van der Waals surface area contributed by atoms with Gasteiger partial charge in [-0.25, -0.2) is 8.42 Å². The van der Waals surface area contributed by atoms with Crippen molar-refractivity contribution >= 4 is 43.2 Å². The molecule has 1 unspecified atom stereocenters. The lowest BCUT2D eigenvalue weighted by molar-refractivity contribution is -0.134. The standard InChI is InChI=1S/C19H21BrN2O3S2/c20-17-8-9-18(26-17)27(24,25)22-12-10-21(11-13-22)19(23)16-7-3-5-14-4-1-2-6-15(14)16/h1-2,4,6,8-9,16H,3,5,7,10-13H2. The zero-order valence-electron chi connectivity index (χ0n) is 14.8. The van der Waals surface area contributed by atoms with E-state index in [0.717, 1.165) is 28.6 Å². The molecule has 144 valence electrons. The van der Waals surface area contributed by atoms with Crippen molar-refractivity contribution in [1.82, 2.24) is 9.21 Å². The maximum absolute atomic E-state index is 13.1. The van der Waals surface area contributed by atoms with Gasteiger partial charge in [-0.05, 0) is 58.5 Å². The number of aryl methyl sites for hydroxylation is 1. The molecule has 0 N–H and O–H groups in total. The Bertz CT molecular complexity index is 949. The Labute approximate surface area is 172 Å². The third-order valence-corrected chi connectivity index (χ3v) is 9.35. The van der Waals surface area contributed by atoms with Crippen LogP contribution in [0.1, 0.15) is 29.9 Å². The van der Waals surface area contributed by atoms with Crippen molar-refractivity contribution in [3.8, 4) is 0 Å². The number of sulfonamides is 1. The number of rotatable bonds is 3. The molecule has 1 saturated heterocycles. The Balaban J connectivity index is 1.45. The zero-order valence-corrected chi connectivity index (χ0v) is 18.0. The van der Waals surface area contributed by atoms with E-state index in [4.69, 9.17) is 0 Å². The molecule has 1 aromatic heterocycles. The Kier molecular flexibility index (Phi) is 5.42. The van der Waals surface area contributed by atoms with Gasteiger partial charge >= 0.3 is 0 Å². The highest BCUT2D eigenvalue weighted by atomic mass is 79.9. The maximum Gasteiger partial charge on any atom is 0.252 e. The van der Waals surface area contributed by atoms with Gasteiger partial charge < -0.3 is 4.90 Å². The molecule has 2 aliphatic rings. The Morgan fingerprint density at radius 3 is 2.52 bits per heavy atom.